The Morgan fingerprint density at radius 2 is 1.90 bits per heavy atom. The lowest BCUT2D eigenvalue weighted by Crippen LogP contribution is -2.49. The maximum atomic E-state index is 12.5. The van der Waals surface area contributed by atoms with Gasteiger partial charge in [-0.15, -0.1) is 0 Å². The zero-order valence-corrected chi connectivity index (χ0v) is 16.6. The summed E-state index contributed by atoms with van der Waals surface area (Å²) in [7, 11) is 0. The number of nitrogens with zero attached hydrogens (tertiary/aromatic N) is 5. The number of carbonyl (C=O) groups is 2. The lowest BCUT2D eigenvalue weighted by molar-refractivity contribution is -0.118. The predicted molar refractivity (Wildman–Crippen MR) is 112 cm³/mol. The van der Waals surface area contributed by atoms with Crippen molar-refractivity contribution in [3.05, 3.63) is 42.7 Å². The molecule has 2 saturated heterocycles. The van der Waals surface area contributed by atoms with Crippen LogP contribution in [0, 0.1) is 0 Å². The van der Waals surface area contributed by atoms with Crippen molar-refractivity contribution in [3.63, 3.8) is 0 Å². The molecule has 0 spiro atoms. The van der Waals surface area contributed by atoms with Gasteiger partial charge in [0, 0.05) is 62.4 Å². The molecule has 2 amide bonds. The van der Waals surface area contributed by atoms with Gasteiger partial charge in [-0.25, -0.2) is 9.97 Å². The molecule has 1 unspecified atom stereocenters. The van der Waals surface area contributed by atoms with E-state index in [1.807, 2.05) is 29.2 Å². The first-order valence-electron chi connectivity index (χ1n) is 10.1. The largest absolute Gasteiger partial charge is 0.338 e. The summed E-state index contributed by atoms with van der Waals surface area (Å²) >= 11 is 0. The second-order valence-corrected chi connectivity index (χ2v) is 7.56. The number of benzene rings is 1. The molecule has 1 aromatic heterocycles. The molecule has 4 rings (SSSR count). The summed E-state index contributed by atoms with van der Waals surface area (Å²) in [6, 6.07) is 9.53. The third-order valence-electron chi connectivity index (χ3n) is 5.47. The molecule has 0 aliphatic carbocycles. The molecule has 8 nitrogen and oxygen atoms in total. The number of hydrogen-bond donors (Lipinski definition) is 1. The van der Waals surface area contributed by atoms with Crippen molar-refractivity contribution < 1.29 is 9.59 Å². The molecule has 8 heteroatoms. The minimum absolute atomic E-state index is 0.0487. The summed E-state index contributed by atoms with van der Waals surface area (Å²) in [6.45, 7) is 5.55. The highest BCUT2D eigenvalue weighted by Gasteiger charge is 2.29. The lowest BCUT2D eigenvalue weighted by atomic mass is 10.2. The third-order valence-corrected chi connectivity index (χ3v) is 5.47. The molecule has 29 heavy (non-hydrogen) atoms. The average Bonchev–Trinajstić information content (AvgIpc) is 3.07. The van der Waals surface area contributed by atoms with Gasteiger partial charge in [0.25, 0.3) is 0 Å². The van der Waals surface area contributed by atoms with Crippen molar-refractivity contribution in [3.8, 4) is 0 Å². The fourth-order valence-corrected chi connectivity index (χ4v) is 3.92. The Kier molecular flexibility index (Phi) is 5.71. The normalized spacial score (nSPS) is 20.2. The van der Waals surface area contributed by atoms with Gasteiger partial charge in [-0.2, -0.15) is 0 Å². The molecule has 1 atom stereocenters. The van der Waals surface area contributed by atoms with E-state index in [2.05, 4.69) is 32.0 Å². The summed E-state index contributed by atoms with van der Waals surface area (Å²) in [5, 5.41) is 2.97. The minimum atomic E-state index is -0.0487. The Balaban J connectivity index is 1.30. The summed E-state index contributed by atoms with van der Waals surface area (Å²) in [5.74, 6) is 0.827. The fraction of sp³-hybridized carbons (Fsp3) is 0.429. The summed E-state index contributed by atoms with van der Waals surface area (Å²) in [5.41, 5.74) is 1.56. The highest BCUT2D eigenvalue weighted by atomic mass is 16.2. The van der Waals surface area contributed by atoms with Gasteiger partial charge in [0.2, 0.25) is 17.8 Å². The van der Waals surface area contributed by atoms with Crippen molar-refractivity contribution >= 4 is 29.1 Å². The second-order valence-electron chi connectivity index (χ2n) is 7.56. The quantitative estimate of drug-likeness (QED) is 0.832. The first-order chi connectivity index (χ1) is 14.1. The molecular formula is C21H26N6O2. The van der Waals surface area contributed by atoms with E-state index >= 15 is 0 Å². The maximum absolute atomic E-state index is 12.5. The van der Waals surface area contributed by atoms with Crippen molar-refractivity contribution in [2.24, 2.45) is 0 Å². The van der Waals surface area contributed by atoms with Crippen LogP contribution in [0.15, 0.2) is 42.7 Å². The summed E-state index contributed by atoms with van der Waals surface area (Å²) < 4.78 is 0. The van der Waals surface area contributed by atoms with Crippen LogP contribution in [0.4, 0.5) is 17.3 Å². The van der Waals surface area contributed by atoms with Crippen LogP contribution < -0.4 is 15.1 Å². The van der Waals surface area contributed by atoms with E-state index in [-0.39, 0.29) is 17.9 Å². The van der Waals surface area contributed by atoms with E-state index < -0.39 is 0 Å². The molecule has 1 aromatic carbocycles. The van der Waals surface area contributed by atoms with E-state index in [9.17, 15) is 9.59 Å². The molecule has 152 valence electrons. The van der Waals surface area contributed by atoms with Gasteiger partial charge in [0.1, 0.15) is 0 Å². The number of anilines is 3. The van der Waals surface area contributed by atoms with Gasteiger partial charge < -0.3 is 15.1 Å². The lowest BCUT2D eigenvalue weighted by Gasteiger charge is -2.34. The average molecular weight is 394 g/mol. The van der Waals surface area contributed by atoms with Crippen LogP contribution in [0.25, 0.3) is 0 Å². The van der Waals surface area contributed by atoms with E-state index in [4.69, 9.17) is 0 Å². The van der Waals surface area contributed by atoms with Crippen LogP contribution in [0.1, 0.15) is 19.8 Å². The molecule has 0 saturated carbocycles. The Bertz CT molecular complexity index is 866. The highest BCUT2D eigenvalue weighted by Crippen LogP contribution is 2.28. The van der Waals surface area contributed by atoms with Gasteiger partial charge in [0.15, 0.2) is 0 Å². The molecule has 2 aromatic rings. The Hall–Kier alpha value is -3.00. The summed E-state index contributed by atoms with van der Waals surface area (Å²) in [4.78, 5) is 39.3. The van der Waals surface area contributed by atoms with Crippen LogP contribution in [-0.4, -0.2) is 65.4 Å². The zero-order chi connectivity index (χ0) is 20.2. The topological polar surface area (TPSA) is 81.7 Å². The number of amides is 2. The molecule has 1 N–H and O–H groups in total. The number of piperazine rings is 1. The second kappa shape index (κ2) is 8.57. The van der Waals surface area contributed by atoms with Crippen LogP contribution in [-0.2, 0) is 9.59 Å². The fourth-order valence-electron chi connectivity index (χ4n) is 3.92. The van der Waals surface area contributed by atoms with E-state index in [0.717, 1.165) is 49.9 Å². The minimum Gasteiger partial charge on any atom is -0.338 e. The molecule has 2 fully saturated rings. The van der Waals surface area contributed by atoms with E-state index in [1.165, 1.54) is 0 Å². The van der Waals surface area contributed by atoms with E-state index in [1.54, 1.807) is 18.5 Å². The molecule has 0 radical (unpaired) electrons. The SMILES string of the molecule is CC1CCC(=O)N1c1cccc(NC(=O)CN2CCN(c3ncccn3)CC2)c1. The predicted octanol–water partition coefficient (Wildman–Crippen LogP) is 1.75. The maximum Gasteiger partial charge on any atom is 0.238 e. The molecule has 2 aliphatic rings. The van der Waals surface area contributed by atoms with Gasteiger partial charge in [-0.1, -0.05) is 6.07 Å². The van der Waals surface area contributed by atoms with Crippen LogP contribution >= 0.6 is 0 Å². The van der Waals surface area contributed by atoms with Crippen LogP contribution in [0.5, 0.6) is 0 Å². The number of nitrogens with one attached hydrogen (secondary N) is 1. The number of carbonyl (C=O) groups excluding carboxylic acids is 2. The number of rotatable bonds is 5. The monoisotopic (exact) mass is 394 g/mol. The first-order valence-corrected chi connectivity index (χ1v) is 10.1. The molecule has 3 heterocycles. The van der Waals surface area contributed by atoms with Crippen molar-refractivity contribution in [2.45, 2.75) is 25.8 Å². The van der Waals surface area contributed by atoms with Crippen molar-refractivity contribution in [2.75, 3.05) is 47.8 Å². The summed E-state index contributed by atoms with van der Waals surface area (Å²) in [6.07, 6.45) is 4.94. The van der Waals surface area contributed by atoms with Gasteiger partial charge in [0.05, 0.1) is 6.54 Å². The van der Waals surface area contributed by atoms with Crippen molar-refractivity contribution in [1.82, 2.24) is 14.9 Å². The van der Waals surface area contributed by atoms with E-state index in [0.29, 0.717) is 13.0 Å². The first kappa shape index (κ1) is 19.3. The number of aromatic nitrogens is 2. The Morgan fingerprint density at radius 1 is 1.14 bits per heavy atom. The molecule has 0 bridgehead atoms. The Morgan fingerprint density at radius 3 is 2.59 bits per heavy atom. The zero-order valence-electron chi connectivity index (χ0n) is 16.6. The molecule has 2 aliphatic heterocycles. The molecular weight excluding hydrogens is 368 g/mol. The standard InChI is InChI=1S/C21H26N6O2/c1-16-6-7-20(29)27(16)18-5-2-4-17(14-18)24-19(28)15-25-10-12-26(13-11-25)21-22-8-3-9-23-21/h2-5,8-9,14,16H,6-7,10-13,15H2,1H3,(H,24,28). The highest BCUT2D eigenvalue weighted by molar-refractivity contribution is 5.98. The van der Waals surface area contributed by atoms with Crippen LogP contribution in [0.3, 0.4) is 0 Å². The smallest absolute Gasteiger partial charge is 0.238 e. The number of hydrogen-bond acceptors (Lipinski definition) is 6. The van der Waals surface area contributed by atoms with Gasteiger partial charge >= 0.3 is 0 Å². The van der Waals surface area contributed by atoms with Crippen molar-refractivity contribution in [1.29, 1.82) is 0 Å². The third kappa shape index (κ3) is 4.54. The Labute approximate surface area is 170 Å². The van der Waals surface area contributed by atoms with Gasteiger partial charge in [-0.05, 0) is 37.6 Å². The van der Waals surface area contributed by atoms with Crippen LogP contribution in [0.2, 0.25) is 0 Å². The van der Waals surface area contributed by atoms with Gasteiger partial charge in [-0.3, -0.25) is 14.5 Å².